The van der Waals surface area contributed by atoms with Crippen LogP contribution in [-0.2, 0) is 16.2 Å². The number of imidazole rings is 1. The van der Waals surface area contributed by atoms with Crippen LogP contribution in [-0.4, -0.2) is 25.5 Å². The molecule has 0 saturated heterocycles. The predicted octanol–water partition coefficient (Wildman–Crippen LogP) is 2.24. The number of hydrogen-bond acceptors (Lipinski definition) is 4. The second kappa shape index (κ2) is 5.28. The Morgan fingerprint density at radius 2 is 2.05 bits per heavy atom. The van der Waals surface area contributed by atoms with Gasteiger partial charge in [0.15, 0.2) is 5.03 Å². The lowest BCUT2D eigenvalue weighted by Gasteiger charge is -2.15. The molecule has 21 heavy (non-hydrogen) atoms. The number of nitrogens with zero attached hydrogens (tertiary/aromatic N) is 1. The fraction of sp³-hybridized carbons (Fsp3) is 0.182. The largest absolute Gasteiger partial charge is 0.497 e. The Bertz CT molecular complexity index is 727. The molecule has 1 heterocycles. The number of nitrogens with one attached hydrogen (secondary N) is 2. The van der Waals surface area contributed by atoms with Gasteiger partial charge < -0.3 is 9.72 Å². The first-order valence-electron chi connectivity index (χ1n) is 5.50. The second-order valence-electron chi connectivity index (χ2n) is 3.93. The molecule has 1 aromatic carbocycles. The Balaban J connectivity index is 2.45. The molecule has 0 fully saturated rings. The van der Waals surface area contributed by atoms with Crippen LogP contribution < -0.4 is 9.46 Å². The second-order valence-corrected chi connectivity index (χ2v) is 5.58. The number of halogens is 3. The van der Waals surface area contributed by atoms with Gasteiger partial charge in [-0.25, -0.2) is 4.98 Å². The van der Waals surface area contributed by atoms with Crippen molar-refractivity contribution in [2.45, 2.75) is 11.2 Å². The summed E-state index contributed by atoms with van der Waals surface area (Å²) in [5.41, 5.74) is -1.75. The first-order valence-corrected chi connectivity index (χ1v) is 6.99. The molecule has 0 aliphatic carbocycles. The number of methoxy groups -OCH3 is 1. The number of anilines is 1. The van der Waals surface area contributed by atoms with E-state index in [1.807, 2.05) is 4.72 Å². The zero-order valence-electron chi connectivity index (χ0n) is 10.6. The van der Waals surface area contributed by atoms with Gasteiger partial charge in [-0.05, 0) is 18.2 Å². The highest BCUT2D eigenvalue weighted by molar-refractivity contribution is 7.92. The average Bonchev–Trinajstić information content (AvgIpc) is 2.92. The summed E-state index contributed by atoms with van der Waals surface area (Å²) in [6.45, 7) is 0. The van der Waals surface area contributed by atoms with E-state index < -0.39 is 27.5 Å². The van der Waals surface area contributed by atoms with E-state index in [1.165, 1.54) is 13.2 Å². The number of aromatic amines is 1. The fourth-order valence-corrected chi connectivity index (χ4v) is 2.55. The van der Waals surface area contributed by atoms with E-state index in [9.17, 15) is 21.6 Å². The predicted molar refractivity (Wildman–Crippen MR) is 67.4 cm³/mol. The van der Waals surface area contributed by atoms with Crippen molar-refractivity contribution in [2.24, 2.45) is 0 Å². The van der Waals surface area contributed by atoms with Crippen molar-refractivity contribution in [3.63, 3.8) is 0 Å². The Morgan fingerprint density at radius 1 is 1.33 bits per heavy atom. The number of sulfonamides is 1. The standard InChI is InChI=1S/C11H10F3N3O3S/c1-20-7-2-3-9(8(4-7)11(12,13)14)17-21(18,19)10-5-15-6-16-10/h2-6,17H,1H3,(H,15,16). The third-order valence-corrected chi connectivity index (χ3v) is 3.83. The van der Waals surface area contributed by atoms with Crippen LogP contribution in [0.2, 0.25) is 0 Å². The quantitative estimate of drug-likeness (QED) is 0.904. The molecular formula is C11H10F3N3O3S. The maximum absolute atomic E-state index is 13.0. The Labute approximate surface area is 118 Å². The fourth-order valence-electron chi connectivity index (χ4n) is 1.56. The summed E-state index contributed by atoms with van der Waals surface area (Å²) in [4.78, 5) is 5.82. The van der Waals surface area contributed by atoms with Gasteiger partial charge in [-0.3, -0.25) is 4.72 Å². The van der Waals surface area contributed by atoms with E-state index in [-0.39, 0.29) is 10.8 Å². The molecule has 114 valence electrons. The molecule has 1 aromatic heterocycles. The summed E-state index contributed by atoms with van der Waals surface area (Å²) in [7, 11) is -2.97. The Hall–Kier alpha value is -2.23. The molecule has 10 heteroatoms. The maximum Gasteiger partial charge on any atom is 0.418 e. The molecule has 6 nitrogen and oxygen atoms in total. The summed E-state index contributed by atoms with van der Waals surface area (Å²) < 4.78 is 69.3. The summed E-state index contributed by atoms with van der Waals surface area (Å²) in [5.74, 6) is -0.0354. The zero-order valence-corrected chi connectivity index (χ0v) is 11.4. The van der Waals surface area contributed by atoms with Gasteiger partial charge in [0.1, 0.15) is 5.75 Å². The molecule has 0 aliphatic heterocycles. The van der Waals surface area contributed by atoms with Gasteiger partial charge in [0, 0.05) is 0 Å². The summed E-state index contributed by atoms with van der Waals surface area (Å²) >= 11 is 0. The third-order valence-electron chi connectivity index (χ3n) is 2.54. The molecule has 0 saturated carbocycles. The Morgan fingerprint density at radius 3 is 2.57 bits per heavy atom. The molecule has 0 atom stereocenters. The molecule has 0 aliphatic rings. The van der Waals surface area contributed by atoms with Crippen LogP contribution >= 0.6 is 0 Å². The van der Waals surface area contributed by atoms with Crippen molar-refractivity contribution in [1.82, 2.24) is 9.97 Å². The smallest absolute Gasteiger partial charge is 0.418 e. The maximum atomic E-state index is 13.0. The number of H-pyrrole nitrogens is 1. The van der Waals surface area contributed by atoms with Gasteiger partial charge >= 0.3 is 6.18 Å². The number of benzene rings is 1. The molecule has 0 radical (unpaired) electrons. The van der Waals surface area contributed by atoms with E-state index in [2.05, 4.69) is 9.97 Å². The molecule has 0 spiro atoms. The van der Waals surface area contributed by atoms with Gasteiger partial charge in [-0.1, -0.05) is 0 Å². The lowest BCUT2D eigenvalue weighted by atomic mass is 10.1. The lowest BCUT2D eigenvalue weighted by molar-refractivity contribution is -0.137. The topological polar surface area (TPSA) is 84.1 Å². The van der Waals surface area contributed by atoms with Gasteiger partial charge in [-0.15, -0.1) is 0 Å². The van der Waals surface area contributed by atoms with Crippen molar-refractivity contribution < 1.29 is 26.3 Å². The molecule has 0 amide bonds. The van der Waals surface area contributed by atoms with E-state index in [1.54, 1.807) is 0 Å². The number of hydrogen-bond donors (Lipinski definition) is 2. The highest BCUT2D eigenvalue weighted by atomic mass is 32.2. The van der Waals surface area contributed by atoms with Gasteiger partial charge in [-0.2, -0.15) is 21.6 Å². The van der Waals surface area contributed by atoms with Crippen molar-refractivity contribution in [1.29, 1.82) is 0 Å². The molecule has 0 unspecified atom stereocenters. The molecule has 2 aromatic rings. The first kappa shape index (κ1) is 15.2. The third kappa shape index (κ3) is 3.27. The summed E-state index contributed by atoms with van der Waals surface area (Å²) in [6.07, 6.45) is -2.65. The Kier molecular flexibility index (Phi) is 3.81. The molecule has 2 rings (SSSR count). The van der Waals surface area contributed by atoms with Crippen LogP contribution in [0.3, 0.4) is 0 Å². The minimum atomic E-state index is -4.74. The van der Waals surface area contributed by atoms with Crippen molar-refractivity contribution >= 4 is 15.7 Å². The van der Waals surface area contributed by atoms with Crippen molar-refractivity contribution in [3.8, 4) is 5.75 Å². The zero-order chi connectivity index (χ0) is 15.7. The van der Waals surface area contributed by atoms with Gasteiger partial charge in [0.05, 0.1) is 30.9 Å². The summed E-state index contributed by atoms with van der Waals surface area (Å²) in [5, 5.41) is -0.341. The minimum absolute atomic E-state index is 0.0354. The first-order chi connectivity index (χ1) is 9.74. The normalized spacial score (nSPS) is 12.2. The van der Waals surface area contributed by atoms with Crippen LogP contribution in [0, 0.1) is 0 Å². The van der Waals surface area contributed by atoms with Crippen LogP contribution in [0.5, 0.6) is 5.75 Å². The molecular weight excluding hydrogens is 311 g/mol. The monoisotopic (exact) mass is 321 g/mol. The van der Waals surface area contributed by atoms with Crippen LogP contribution in [0.1, 0.15) is 5.56 Å². The van der Waals surface area contributed by atoms with E-state index in [4.69, 9.17) is 4.74 Å². The van der Waals surface area contributed by atoms with Gasteiger partial charge in [0.2, 0.25) is 0 Å². The minimum Gasteiger partial charge on any atom is -0.497 e. The van der Waals surface area contributed by atoms with E-state index in [0.717, 1.165) is 18.6 Å². The van der Waals surface area contributed by atoms with Crippen LogP contribution in [0.25, 0.3) is 0 Å². The number of alkyl halides is 3. The molecule has 0 bridgehead atoms. The highest BCUT2D eigenvalue weighted by Crippen LogP contribution is 2.37. The lowest BCUT2D eigenvalue weighted by Crippen LogP contribution is -2.17. The number of rotatable bonds is 4. The van der Waals surface area contributed by atoms with Crippen molar-refractivity contribution in [3.05, 3.63) is 36.3 Å². The van der Waals surface area contributed by atoms with Crippen LogP contribution in [0.4, 0.5) is 18.9 Å². The average molecular weight is 321 g/mol. The molecule has 2 N–H and O–H groups in total. The van der Waals surface area contributed by atoms with Gasteiger partial charge in [0.25, 0.3) is 10.0 Å². The van der Waals surface area contributed by atoms with Crippen LogP contribution in [0.15, 0.2) is 35.7 Å². The number of aromatic nitrogens is 2. The van der Waals surface area contributed by atoms with E-state index >= 15 is 0 Å². The SMILES string of the molecule is COc1ccc(NS(=O)(=O)c2cnc[nH]2)c(C(F)(F)F)c1. The number of ether oxygens (including phenoxy) is 1. The highest BCUT2D eigenvalue weighted by Gasteiger charge is 2.35. The van der Waals surface area contributed by atoms with Crippen molar-refractivity contribution in [2.75, 3.05) is 11.8 Å². The summed E-state index contributed by atoms with van der Waals surface area (Å²) in [6, 6.07) is 2.92. The van der Waals surface area contributed by atoms with E-state index in [0.29, 0.717) is 6.07 Å².